The molecule has 0 saturated carbocycles. The van der Waals surface area contributed by atoms with E-state index in [2.05, 4.69) is 12.0 Å². The molecule has 0 unspecified atom stereocenters. The molecule has 0 aliphatic carbocycles. The number of rotatable bonds is 3. The second kappa shape index (κ2) is 4.78. The molecule has 96 valence electrons. The average Bonchev–Trinajstić information content (AvgIpc) is 2.76. The molecule has 1 aliphatic rings. The molecule has 5 nitrogen and oxygen atoms in total. The Morgan fingerprint density at radius 2 is 2.29 bits per heavy atom. The fraction of sp³-hybridized carbons (Fsp3) is 0.727. The highest BCUT2D eigenvalue weighted by Crippen LogP contribution is 2.24. The van der Waals surface area contributed by atoms with Crippen molar-refractivity contribution in [2.45, 2.75) is 31.1 Å². The molecule has 0 bridgehead atoms. The van der Waals surface area contributed by atoms with Crippen LogP contribution in [0.2, 0.25) is 0 Å². The fourth-order valence-electron chi connectivity index (χ4n) is 2.26. The second-order valence-electron chi connectivity index (χ2n) is 4.63. The number of hydrogen-bond acceptors (Lipinski definition) is 3. The third kappa shape index (κ3) is 2.52. The van der Waals surface area contributed by atoms with E-state index in [4.69, 9.17) is 0 Å². The Morgan fingerprint density at radius 3 is 2.88 bits per heavy atom. The van der Waals surface area contributed by atoms with Crippen LogP contribution < -0.4 is 0 Å². The van der Waals surface area contributed by atoms with Crippen molar-refractivity contribution >= 4 is 10.0 Å². The Kier molecular flexibility index (Phi) is 3.53. The van der Waals surface area contributed by atoms with Gasteiger partial charge in [0, 0.05) is 26.3 Å². The first kappa shape index (κ1) is 12.6. The van der Waals surface area contributed by atoms with Gasteiger partial charge in [0.05, 0.1) is 6.20 Å². The highest BCUT2D eigenvalue weighted by atomic mass is 32.2. The highest BCUT2D eigenvalue weighted by molar-refractivity contribution is 7.89. The Balaban J connectivity index is 2.21. The van der Waals surface area contributed by atoms with E-state index in [1.54, 1.807) is 17.5 Å². The summed E-state index contributed by atoms with van der Waals surface area (Å²) in [6.07, 6.45) is 6.11. The van der Waals surface area contributed by atoms with Gasteiger partial charge < -0.3 is 0 Å². The SMILES string of the molecule is CC[C@@H]1CCCN(S(=O)(=O)c2cnn(C)c2)C1. The Labute approximate surface area is 102 Å². The molecule has 1 saturated heterocycles. The maximum absolute atomic E-state index is 12.3. The van der Waals surface area contributed by atoms with Gasteiger partial charge in [-0.25, -0.2) is 8.42 Å². The van der Waals surface area contributed by atoms with Gasteiger partial charge in [0.25, 0.3) is 0 Å². The third-order valence-corrected chi connectivity index (χ3v) is 5.20. The van der Waals surface area contributed by atoms with E-state index in [0.717, 1.165) is 19.3 Å². The molecule has 1 fully saturated rings. The number of aryl methyl sites for hydroxylation is 1. The molecule has 0 N–H and O–H groups in total. The number of nitrogens with zero attached hydrogens (tertiary/aromatic N) is 3. The standard InChI is InChI=1S/C11H19N3O2S/c1-3-10-5-4-6-14(8-10)17(15,16)11-7-12-13(2)9-11/h7,9-10H,3-6,8H2,1-2H3/t10-/m1/s1. The minimum atomic E-state index is -3.33. The van der Waals surface area contributed by atoms with E-state index in [0.29, 0.717) is 23.9 Å². The smallest absolute Gasteiger partial charge is 0.246 e. The van der Waals surface area contributed by atoms with E-state index < -0.39 is 10.0 Å². The van der Waals surface area contributed by atoms with Crippen molar-refractivity contribution in [3.05, 3.63) is 12.4 Å². The Morgan fingerprint density at radius 1 is 1.53 bits per heavy atom. The van der Waals surface area contributed by atoms with Crippen molar-refractivity contribution in [2.75, 3.05) is 13.1 Å². The van der Waals surface area contributed by atoms with Crippen molar-refractivity contribution in [3.8, 4) is 0 Å². The molecule has 2 rings (SSSR count). The molecule has 0 radical (unpaired) electrons. The molecule has 2 heterocycles. The normalized spacial score (nSPS) is 22.8. The van der Waals surface area contributed by atoms with Gasteiger partial charge in [0.2, 0.25) is 10.0 Å². The van der Waals surface area contributed by atoms with Crippen molar-refractivity contribution < 1.29 is 8.42 Å². The molecule has 1 atom stereocenters. The summed E-state index contributed by atoms with van der Waals surface area (Å²) in [4.78, 5) is 0.303. The zero-order valence-corrected chi connectivity index (χ0v) is 11.2. The summed E-state index contributed by atoms with van der Waals surface area (Å²) in [5, 5.41) is 3.93. The number of aromatic nitrogens is 2. The lowest BCUT2D eigenvalue weighted by Crippen LogP contribution is -2.39. The quantitative estimate of drug-likeness (QED) is 0.818. The van der Waals surface area contributed by atoms with Gasteiger partial charge in [-0.15, -0.1) is 0 Å². The summed E-state index contributed by atoms with van der Waals surface area (Å²) >= 11 is 0. The molecular weight excluding hydrogens is 238 g/mol. The molecule has 17 heavy (non-hydrogen) atoms. The summed E-state index contributed by atoms with van der Waals surface area (Å²) in [6.45, 7) is 3.40. The van der Waals surface area contributed by atoms with Crippen LogP contribution in [0.4, 0.5) is 0 Å². The van der Waals surface area contributed by atoms with E-state index in [1.807, 2.05) is 0 Å². The number of hydrogen-bond donors (Lipinski definition) is 0. The summed E-state index contributed by atoms with van der Waals surface area (Å²) in [7, 11) is -1.61. The van der Waals surface area contributed by atoms with Gasteiger partial charge in [-0.1, -0.05) is 13.3 Å². The molecular formula is C11H19N3O2S. The summed E-state index contributed by atoms with van der Waals surface area (Å²) < 4.78 is 27.8. The Hall–Kier alpha value is -0.880. The van der Waals surface area contributed by atoms with Gasteiger partial charge in [0.15, 0.2) is 0 Å². The summed E-state index contributed by atoms with van der Waals surface area (Å²) in [5.74, 6) is 0.496. The van der Waals surface area contributed by atoms with Gasteiger partial charge in [-0.2, -0.15) is 9.40 Å². The van der Waals surface area contributed by atoms with E-state index in [1.165, 1.54) is 10.9 Å². The second-order valence-corrected chi connectivity index (χ2v) is 6.57. The predicted molar refractivity (Wildman–Crippen MR) is 65.0 cm³/mol. The molecule has 1 aliphatic heterocycles. The largest absolute Gasteiger partial charge is 0.274 e. The third-order valence-electron chi connectivity index (χ3n) is 3.38. The van der Waals surface area contributed by atoms with E-state index in [-0.39, 0.29) is 0 Å². The maximum Gasteiger partial charge on any atom is 0.246 e. The van der Waals surface area contributed by atoms with Crippen LogP contribution in [0.15, 0.2) is 17.3 Å². The van der Waals surface area contributed by atoms with E-state index >= 15 is 0 Å². The zero-order chi connectivity index (χ0) is 12.5. The first-order valence-corrected chi connectivity index (χ1v) is 7.47. The zero-order valence-electron chi connectivity index (χ0n) is 10.3. The summed E-state index contributed by atoms with van der Waals surface area (Å²) in [5.41, 5.74) is 0. The predicted octanol–water partition coefficient (Wildman–Crippen LogP) is 1.23. The lowest BCUT2D eigenvalue weighted by molar-refractivity contribution is 0.261. The van der Waals surface area contributed by atoms with Crippen LogP contribution in [0, 0.1) is 5.92 Å². The monoisotopic (exact) mass is 257 g/mol. The van der Waals surface area contributed by atoms with Gasteiger partial charge >= 0.3 is 0 Å². The van der Waals surface area contributed by atoms with Crippen LogP contribution in [0.5, 0.6) is 0 Å². The molecule has 0 amide bonds. The molecule has 6 heteroatoms. The average molecular weight is 257 g/mol. The minimum Gasteiger partial charge on any atom is -0.274 e. The number of piperidine rings is 1. The van der Waals surface area contributed by atoms with Gasteiger partial charge in [-0.3, -0.25) is 4.68 Å². The van der Waals surface area contributed by atoms with Crippen LogP contribution >= 0.6 is 0 Å². The maximum atomic E-state index is 12.3. The van der Waals surface area contributed by atoms with Crippen LogP contribution in [0.1, 0.15) is 26.2 Å². The molecule has 1 aromatic rings. The van der Waals surface area contributed by atoms with Crippen molar-refractivity contribution in [2.24, 2.45) is 13.0 Å². The molecule has 0 spiro atoms. The number of sulfonamides is 1. The van der Waals surface area contributed by atoms with Crippen LogP contribution in [-0.4, -0.2) is 35.6 Å². The van der Waals surface area contributed by atoms with E-state index in [9.17, 15) is 8.42 Å². The first-order valence-electron chi connectivity index (χ1n) is 6.03. The first-order chi connectivity index (χ1) is 8.04. The highest BCUT2D eigenvalue weighted by Gasteiger charge is 2.30. The van der Waals surface area contributed by atoms with Crippen LogP contribution in [0.25, 0.3) is 0 Å². The topological polar surface area (TPSA) is 55.2 Å². The van der Waals surface area contributed by atoms with Crippen LogP contribution in [-0.2, 0) is 17.1 Å². The summed E-state index contributed by atoms with van der Waals surface area (Å²) in [6, 6.07) is 0. The Bertz CT molecular complexity index is 481. The van der Waals surface area contributed by atoms with Crippen molar-refractivity contribution in [1.29, 1.82) is 0 Å². The van der Waals surface area contributed by atoms with Crippen LogP contribution in [0.3, 0.4) is 0 Å². The minimum absolute atomic E-state index is 0.303. The lowest BCUT2D eigenvalue weighted by Gasteiger charge is -2.30. The van der Waals surface area contributed by atoms with Gasteiger partial charge in [-0.05, 0) is 18.8 Å². The van der Waals surface area contributed by atoms with Crippen molar-refractivity contribution in [3.63, 3.8) is 0 Å². The fourth-order valence-corrected chi connectivity index (χ4v) is 3.80. The molecule has 1 aromatic heterocycles. The van der Waals surface area contributed by atoms with Gasteiger partial charge in [0.1, 0.15) is 4.90 Å². The lowest BCUT2D eigenvalue weighted by atomic mass is 9.97. The molecule has 0 aromatic carbocycles. The van der Waals surface area contributed by atoms with Crippen molar-refractivity contribution in [1.82, 2.24) is 14.1 Å².